The largest absolute Gasteiger partial charge is 0.481 e. The van der Waals surface area contributed by atoms with Crippen molar-refractivity contribution in [3.05, 3.63) is 29.8 Å². The van der Waals surface area contributed by atoms with Gasteiger partial charge in [0.05, 0.1) is 11.8 Å². The molecule has 1 heterocycles. The zero-order valence-corrected chi connectivity index (χ0v) is 16.4. The summed E-state index contributed by atoms with van der Waals surface area (Å²) in [6.45, 7) is 7.62. The maximum atomic E-state index is 12.6. The number of rotatable bonds is 5. The average Bonchev–Trinajstić information content (AvgIpc) is 3.03. The Kier molecular flexibility index (Phi) is 6.34. The highest BCUT2D eigenvalue weighted by atomic mass is 32.2. The highest BCUT2D eigenvalue weighted by molar-refractivity contribution is 7.99. The summed E-state index contributed by atoms with van der Waals surface area (Å²) in [6.07, 6.45) is 0.402. The maximum absolute atomic E-state index is 12.6. The van der Waals surface area contributed by atoms with Crippen molar-refractivity contribution in [3.8, 4) is 0 Å². The molecule has 2 amide bonds. The fourth-order valence-electron chi connectivity index (χ4n) is 2.68. The first-order chi connectivity index (χ1) is 12.1. The van der Waals surface area contributed by atoms with Crippen molar-refractivity contribution in [1.29, 1.82) is 0 Å². The molecule has 0 bridgehead atoms. The number of carboxylic acid groups (broad SMARTS) is 1. The van der Waals surface area contributed by atoms with Crippen molar-refractivity contribution in [2.75, 3.05) is 16.9 Å². The van der Waals surface area contributed by atoms with Crippen LogP contribution < -0.4 is 5.32 Å². The fourth-order valence-corrected chi connectivity index (χ4v) is 3.86. The smallest absolute Gasteiger partial charge is 0.310 e. The van der Waals surface area contributed by atoms with Crippen LogP contribution in [0.4, 0.5) is 5.69 Å². The van der Waals surface area contributed by atoms with Gasteiger partial charge in [0.1, 0.15) is 6.04 Å². The van der Waals surface area contributed by atoms with E-state index in [-0.39, 0.29) is 17.2 Å². The van der Waals surface area contributed by atoms with E-state index in [1.54, 1.807) is 47.9 Å². The number of nitrogens with zero attached hydrogens (tertiary/aromatic N) is 1. The molecule has 2 atom stereocenters. The summed E-state index contributed by atoms with van der Waals surface area (Å²) in [5, 5.41) is 11.9. The van der Waals surface area contributed by atoms with E-state index < -0.39 is 17.9 Å². The van der Waals surface area contributed by atoms with Crippen LogP contribution >= 0.6 is 11.8 Å². The van der Waals surface area contributed by atoms with E-state index >= 15 is 0 Å². The number of carboxylic acids is 1. The van der Waals surface area contributed by atoms with Gasteiger partial charge in [-0.15, -0.1) is 11.8 Å². The molecular weight excluding hydrogens is 352 g/mol. The number of carbonyl (C=O) groups excluding carboxylic acids is 2. The second kappa shape index (κ2) is 8.12. The number of hydrogen-bond acceptors (Lipinski definition) is 4. The predicted molar refractivity (Wildman–Crippen MR) is 103 cm³/mol. The van der Waals surface area contributed by atoms with Crippen LogP contribution in [0.3, 0.4) is 0 Å². The minimum atomic E-state index is -0.891. The average molecular weight is 378 g/mol. The molecule has 142 valence electrons. The number of thioether (sulfide) groups is 1. The fraction of sp³-hybridized carbons (Fsp3) is 0.526. The first kappa shape index (κ1) is 20.3. The summed E-state index contributed by atoms with van der Waals surface area (Å²) < 4.78 is 0. The lowest BCUT2D eigenvalue weighted by atomic mass is 9.91. The molecule has 7 heteroatoms. The SMILES string of the molecule is CC(C(=O)O)c1ccc(NC(=O)C2CSCN2C(=O)CC(C)(C)C)cc1. The summed E-state index contributed by atoms with van der Waals surface area (Å²) in [7, 11) is 0. The molecule has 2 rings (SSSR count). The van der Waals surface area contributed by atoms with Crippen molar-refractivity contribution >= 4 is 35.2 Å². The molecule has 1 saturated heterocycles. The minimum absolute atomic E-state index is 0.00622. The number of carbonyl (C=O) groups is 3. The molecule has 0 saturated carbocycles. The molecule has 6 nitrogen and oxygen atoms in total. The zero-order chi connectivity index (χ0) is 19.5. The molecule has 0 spiro atoms. The van der Waals surface area contributed by atoms with Gasteiger partial charge in [-0.1, -0.05) is 32.9 Å². The second-order valence-corrected chi connectivity index (χ2v) is 8.79. The van der Waals surface area contributed by atoms with Crippen molar-refractivity contribution in [2.45, 2.75) is 46.1 Å². The van der Waals surface area contributed by atoms with Crippen LogP contribution in [0.5, 0.6) is 0 Å². The van der Waals surface area contributed by atoms with E-state index in [0.29, 0.717) is 29.3 Å². The van der Waals surface area contributed by atoms with E-state index in [4.69, 9.17) is 5.11 Å². The summed E-state index contributed by atoms with van der Waals surface area (Å²) in [6, 6.07) is 6.29. The molecule has 0 aromatic heterocycles. The van der Waals surface area contributed by atoms with E-state index in [1.807, 2.05) is 20.8 Å². The molecule has 1 fully saturated rings. The first-order valence-electron chi connectivity index (χ1n) is 8.59. The van der Waals surface area contributed by atoms with Gasteiger partial charge in [-0.25, -0.2) is 0 Å². The Morgan fingerprint density at radius 1 is 1.27 bits per heavy atom. The van der Waals surface area contributed by atoms with Crippen LogP contribution in [0.2, 0.25) is 0 Å². The van der Waals surface area contributed by atoms with Crippen LogP contribution in [0, 0.1) is 5.41 Å². The van der Waals surface area contributed by atoms with Gasteiger partial charge in [-0.2, -0.15) is 0 Å². The summed E-state index contributed by atoms with van der Waals surface area (Å²) in [4.78, 5) is 37.8. The lowest BCUT2D eigenvalue weighted by Crippen LogP contribution is -2.45. The van der Waals surface area contributed by atoms with Gasteiger partial charge < -0.3 is 15.3 Å². The van der Waals surface area contributed by atoms with Crippen molar-refractivity contribution in [3.63, 3.8) is 0 Å². The van der Waals surface area contributed by atoms with Gasteiger partial charge in [0.15, 0.2) is 0 Å². The van der Waals surface area contributed by atoms with Crippen LogP contribution in [0.25, 0.3) is 0 Å². The van der Waals surface area contributed by atoms with E-state index in [9.17, 15) is 14.4 Å². The third-order valence-electron chi connectivity index (χ3n) is 4.24. The monoisotopic (exact) mass is 378 g/mol. The molecular formula is C19H26N2O4S. The van der Waals surface area contributed by atoms with Gasteiger partial charge in [-0.05, 0) is 30.0 Å². The van der Waals surface area contributed by atoms with E-state index in [2.05, 4.69) is 5.32 Å². The molecule has 2 unspecified atom stereocenters. The quantitative estimate of drug-likeness (QED) is 0.822. The van der Waals surface area contributed by atoms with Gasteiger partial charge in [0, 0.05) is 17.9 Å². The second-order valence-electron chi connectivity index (χ2n) is 7.79. The third-order valence-corrected chi connectivity index (χ3v) is 5.25. The maximum Gasteiger partial charge on any atom is 0.310 e. The lowest BCUT2D eigenvalue weighted by Gasteiger charge is -2.26. The van der Waals surface area contributed by atoms with Crippen LogP contribution in [-0.4, -0.2) is 45.5 Å². The van der Waals surface area contributed by atoms with Gasteiger partial charge in [0.2, 0.25) is 11.8 Å². The normalized spacial score (nSPS) is 18.5. The molecule has 1 aliphatic heterocycles. The number of aliphatic carboxylic acids is 1. The number of nitrogens with one attached hydrogen (secondary N) is 1. The molecule has 0 radical (unpaired) electrons. The van der Waals surface area contributed by atoms with Crippen molar-refractivity contribution in [2.24, 2.45) is 5.41 Å². The zero-order valence-electron chi connectivity index (χ0n) is 15.6. The number of anilines is 1. The van der Waals surface area contributed by atoms with E-state index in [0.717, 1.165) is 0 Å². The Morgan fingerprint density at radius 2 is 1.88 bits per heavy atom. The number of hydrogen-bond donors (Lipinski definition) is 2. The summed E-state index contributed by atoms with van der Waals surface area (Å²) >= 11 is 1.57. The van der Waals surface area contributed by atoms with Crippen LogP contribution in [0.15, 0.2) is 24.3 Å². The highest BCUT2D eigenvalue weighted by Gasteiger charge is 2.35. The van der Waals surface area contributed by atoms with Crippen LogP contribution in [-0.2, 0) is 14.4 Å². The standard InChI is InChI=1S/C19H26N2O4S/c1-12(18(24)25)13-5-7-14(8-6-13)20-17(23)15-10-26-11-21(15)16(22)9-19(2,3)4/h5-8,12,15H,9-11H2,1-4H3,(H,20,23)(H,24,25). The number of benzene rings is 1. The number of amides is 2. The molecule has 26 heavy (non-hydrogen) atoms. The van der Waals surface area contributed by atoms with Crippen LogP contribution in [0.1, 0.15) is 45.6 Å². The first-order valence-corrected chi connectivity index (χ1v) is 9.75. The Balaban J connectivity index is 2.02. The molecule has 1 aromatic rings. The summed E-state index contributed by atoms with van der Waals surface area (Å²) in [5.74, 6) is -0.600. The van der Waals surface area contributed by atoms with Gasteiger partial charge in [0.25, 0.3) is 0 Å². The topological polar surface area (TPSA) is 86.7 Å². The highest BCUT2D eigenvalue weighted by Crippen LogP contribution is 2.27. The third kappa shape index (κ3) is 5.24. The van der Waals surface area contributed by atoms with E-state index in [1.165, 1.54) is 0 Å². The lowest BCUT2D eigenvalue weighted by molar-refractivity contribution is -0.138. The molecule has 1 aromatic carbocycles. The van der Waals surface area contributed by atoms with Crippen molar-refractivity contribution < 1.29 is 19.5 Å². The molecule has 1 aliphatic rings. The Morgan fingerprint density at radius 3 is 2.42 bits per heavy atom. The molecule has 0 aliphatic carbocycles. The molecule has 2 N–H and O–H groups in total. The Hall–Kier alpha value is -2.02. The minimum Gasteiger partial charge on any atom is -0.481 e. The predicted octanol–water partition coefficient (Wildman–Crippen LogP) is 3.15. The Bertz CT molecular complexity index is 682. The van der Waals surface area contributed by atoms with Gasteiger partial charge in [-0.3, -0.25) is 14.4 Å². The summed E-state index contributed by atoms with van der Waals surface area (Å²) in [5.41, 5.74) is 1.15. The Labute approximate surface area is 158 Å². The van der Waals surface area contributed by atoms with Gasteiger partial charge >= 0.3 is 5.97 Å². The van der Waals surface area contributed by atoms with Crippen molar-refractivity contribution in [1.82, 2.24) is 4.90 Å².